The highest BCUT2D eigenvalue weighted by molar-refractivity contribution is 5.24. The summed E-state index contributed by atoms with van der Waals surface area (Å²) in [5, 5.41) is 7.35. The summed E-state index contributed by atoms with van der Waals surface area (Å²) >= 11 is 0. The molecule has 1 saturated carbocycles. The molecule has 2 aromatic rings. The molecule has 1 aliphatic rings. The first-order valence-corrected chi connectivity index (χ1v) is 8.08. The molecule has 1 unspecified atom stereocenters. The van der Waals surface area contributed by atoms with Gasteiger partial charge < -0.3 is 5.32 Å². The van der Waals surface area contributed by atoms with E-state index in [1.165, 1.54) is 0 Å². The lowest BCUT2D eigenvalue weighted by Gasteiger charge is -2.20. The van der Waals surface area contributed by atoms with E-state index in [0.717, 1.165) is 24.2 Å². The van der Waals surface area contributed by atoms with E-state index >= 15 is 0 Å². The third kappa shape index (κ3) is 4.35. The molecule has 0 radical (unpaired) electrons. The highest BCUT2D eigenvalue weighted by Crippen LogP contribution is 2.38. The second-order valence-electron chi connectivity index (χ2n) is 6.45. The van der Waals surface area contributed by atoms with Gasteiger partial charge in [-0.2, -0.15) is 18.3 Å². The van der Waals surface area contributed by atoms with Crippen LogP contribution in [0.1, 0.15) is 54.0 Å². The van der Waals surface area contributed by atoms with Gasteiger partial charge in [0.25, 0.3) is 0 Å². The van der Waals surface area contributed by atoms with Crippen molar-refractivity contribution in [3.05, 3.63) is 47.0 Å². The number of hydrogen-bond acceptors (Lipinski definition) is 3. The summed E-state index contributed by atoms with van der Waals surface area (Å²) in [6.07, 6.45) is -2.96. The molecule has 1 aromatic heterocycles. The molecule has 130 valence electrons. The predicted octanol–water partition coefficient (Wildman–Crippen LogP) is 3.78. The molecule has 4 nitrogen and oxygen atoms in total. The van der Waals surface area contributed by atoms with Gasteiger partial charge in [-0.3, -0.25) is 4.68 Å². The average molecular weight is 338 g/mol. The number of aromatic nitrogens is 3. The van der Waals surface area contributed by atoms with Gasteiger partial charge in [-0.25, -0.2) is 4.98 Å². The Morgan fingerprint density at radius 1 is 1.25 bits per heavy atom. The number of benzene rings is 1. The van der Waals surface area contributed by atoms with Crippen LogP contribution in [-0.2, 0) is 13.6 Å². The monoisotopic (exact) mass is 338 g/mol. The molecular weight excluding hydrogens is 317 g/mol. The standard InChI is InChI=1S/C17H21F3N4/c1-11-3-5-12(6-4-11)14(9-17(18,19)20)21-10-15-22-16(13-7-8-13)23-24(15)2/h3-6,13-14,21H,7-10H2,1-2H3. The topological polar surface area (TPSA) is 42.7 Å². The molecule has 1 N–H and O–H groups in total. The van der Waals surface area contributed by atoms with Gasteiger partial charge in [-0.15, -0.1) is 0 Å². The summed E-state index contributed by atoms with van der Waals surface area (Å²) in [6, 6.07) is 6.34. The van der Waals surface area contributed by atoms with E-state index in [1.807, 2.05) is 19.1 Å². The Morgan fingerprint density at radius 3 is 2.50 bits per heavy atom. The normalized spacial score (nSPS) is 16.4. The quantitative estimate of drug-likeness (QED) is 0.871. The van der Waals surface area contributed by atoms with E-state index in [1.54, 1.807) is 23.9 Å². The fourth-order valence-corrected chi connectivity index (χ4v) is 2.66. The average Bonchev–Trinajstić information content (AvgIpc) is 3.28. The molecule has 0 saturated heterocycles. The lowest BCUT2D eigenvalue weighted by molar-refractivity contribution is -0.140. The Kier molecular flexibility index (Phi) is 4.62. The minimum Gasteiger partial charge on any atom is -0.303 e. The summed E-state index contributed by atoms with van der Waals surface area (Å²) in [5.74, 6) is 1.89. The number of alkyl halides is 3. The molecule has 7 heteroatoms. The van der Waals surface area contributed by atoms with Crippen LogP contribution in [0.15, 0.2) is 24.3 Å². The zero-order valence-corrected chi connectivity index (χ0v) is 13.8. The van der Waals surface area contributed by atoms with E-state index in [9.17, 15) is 13.2 Å². The lowest BCUT2D eigenvalue weighted by atomic mass is 10.0. The van der Waals surface area contributed by atoms with Crippen molar-refractivity contribution in [1.82, 2.24) is 20.1 Å². The molecule has 0 spiro atoms. The maximum absolute atomic E-state index is 12.9. The van der Waals surface area contributed by atoms with Crippen molar-refractivity contribution in [2.24, 2.45) is 7.05 Å². The van der Waals surface area contributed by atoms with Gasteiger partial charge in [-0.05, 0) is 25.3 Å². The van der Waals surface area contributed by atoms with Crippen LogP contribution in [0.2, 0.25) is 0 Å². The first kappa shape index (κ1) is 17.0. The van der Waals surface area contributed by atoms with Crippen LogP contribution in [0.5, 0.6) is 0 Å². The third-order valence-electron chi connectivity index (χ3n) is 4.23. The van der Waals surface area contributed by atoms with Crippen LogP contribution in [0.25, 0.3) is 0 Å². The maximum atomic E-state index is 12.9. The minimum atomic E-state index is -4.23. The number of halogens is 3. The summed E-state index contributed by atoms with van der Waals surface area (Å²) < 4.78 is 40.4. The number of nitrogens with zero attached hydrogens (tertiary/aromatic N) is 3. The number of rotatable bonds is 6. The van der Waals surface area contributed by atoms with Crippen LogP contribution < -0.4 is 5.32 Å². The lowest BCUT2D eigenvalue weighted by Crippen LogP contribution is -2.27. The molecule has 1 atom stereocenters. The molecule has 24 heavy (non-hydrogen) atoms. The third-order valence-corrected chi connectivity index (χ3v) is 4.23. The Morgan fingerprint density at radius 2 is 1.92 bits per heavy atom. The van der Waals surface area contributed by atoms with E-state index in [0.29, 0.717) is 17.3 Å². The largest absolute Gasteiger partial charge is 0.390 e. The minimum absolute atomic E-state index is 0.255. The molecule has 0 bridgehead atoms. The molecule has 0 amide bonds. The van der Waals surface area contributed by atoms with Crippen molar-refractivity contribution in [2.45, 2.75) is 50.9 Å². The molecular formula is C17H21F3N4. The molecule has 3 rings (SSSR count). The van der Waals surface area contributed by atoms with Crippen molar-refractivity contribution < 1.29 is 13.2 Å². The molecule has 0 aliphatic heterocycles. The number of hydrogen-bond donors (Lipinski definition) is 1. The Hall–Kier alpha value is -1.89. The summed E-state index contributed by atoms with van der Waals surface area (Å²) in [4.78, 5) is 4.46. The second kappa shape index (κ2) is 6.55. The van der Waals surface area contributed by atoms with Gasteiger partial charge in [0, 0.05) is 19.0 Å². The zero-order chi connectivity index (χ0) is 17.3. The van der Waals surface area contributed by atoms with Crippen molar-refractivity contribution in [3.63, 3.8) is 0 Å². The van der Waals surface area contributed by atoms with E-state index < -0.39 is 18.6 Å². The highest BCUT2D eigenvalue weighted by Gasteiger charge is 2.33. The molecule has 1 heterocycles. The van der Waals surface area contributed by atoms with Crippen molar-refractivity contribution in [3.8, 4) is 0 Å². The van der Waals surface area contributed by atoms with Crippen LogP contribution in [0, 0.1) is 6.92 Å². The number of aryl methyl sites for hydroxylation is 2. The van der Waals surface area contributed by atoms with Crippen LogP contribution in [-0.4, -0.2) is 20.9 Å². The second-order valence-corrected chi connectivity index (χ2v) is 6.45. The molecule has 1 fully saturated rings. The van der Waals surface area contributed by atoms with Crippen LogP contribution >= 0.6 is 0 Å². The van der Waals surface area contributed by atoms with Gasteiger partial charge >= 0.3 is 6.18 Å². The zero-order valence-electron chi connectivity index (χ0n) is 13.8. The van der Waals surface area contributed by atoms with E-state index in [4.69, 9.17) is 0 Å². The van der Waals surface area contributed by atoms with E-state index in [-0.39, 0.29) is 6.54 Å². The van der Waals surface area contributed by atoms with Crippen LogP contribution in [0.4, 0.5) is 13.2 Å². The van der Waals surface area contributed by atoms with E-state index in [2.05, 4.69) is 15.4 Å². The fourth-order valence-electron chi connectivity index (χ4n) is 2.66. The summed E-state index contributed by atoms with van der Waals surface area (Å²) in [6.45, 7) is 2.17. The van der Waals surface area contributed by atoms with Crippen LogP contribution in [0.3, 0.4) is 0 Å². The fraction of sp³-hybridized carbons (Fsp3) is 0.529. The van der Waals surface area contributed by atoms with Gasteiger partial charge in [0.1, 0.15) is 5.82 Å². The Balaban J connectivity index is 1.72. The van der Waals surface area contributed by atoms with Crippen molar-refractivity contribution in [2.75, 3.05) is 0 Å². The van der Waals surface area contributed by atoms with Gasteiger partial charge in [0.05, 0.1) is 13.0 Å². The van der Waals surface area contributed by atoms with Crippen molar-refractivity contribution in [1.29, 1.82) is 0 Å². The highest BCUT2D eigenvalue weighted by atomic mass is 19.4. The first-order chi connectivity index (χ1) is 11.3. The predicted molar refractivity (Wildman–Crippen MR) is 84.4 cm³/mol. The van der Waals surface area contributed by atoms with Gasteiger partial charge in [0.15, 0.2) is 5.82 Å². The van der Waals surface area contributed by atoms with Gasteiger partial charge in [0.2, 0.25) is 0 Å². The van der Waals surface area contributed by atoms with Crippen molar-refractivity contribution >= 4 is 0 Å². The summed E-state index contributed by atoms with van der Waals surface area (Å²) in [7, 11) is 1.78. The smallest absolute Gasteiger partial charge is 0.303 e. The Labute approximate surface area is 139 Å². The molecule has 1 aliphatic carbocycles. The van der Waals surface area contributed by atoms with Gasteiger partial charge in [-0.1, -0.05) is 29.8 Å². The number of nitrogens with one attached hydrogen (secondary N) is 1. The maximum Gasteiger partial charge on any atom is 0.390 e. The summed E-state index contributed by atoms with van der Waals surface area (Å²) in [5.41, 5.74) is 1.65. The molecule has 1 aromatic carbocycles. The SMILES string of the molecule is Cc1ccc(C(CC(F)(F)F)NCc2nc(C3CC3)nn2C)cc1. The first-order valence-electron chi connectivity index (χ1n) is 8.08. The Bertz CT molecular complexity index is 687.